The number of rotatable bonds is 4. The standard InChI is InChI=1S/C17H23N3O/c1-13-5-7-14(8-6-13)11-15-19-16(21-20-15)12-17(18)9-3-2-4-10-17/h5-8H,2-4,9-12,18H2,1H3. The van der Waals surface area contributed by atoms with E-state index in [0.29, 0.717) is 18.7 Å². The van der Waals surface area contributed by atoms with Crippen LogP contribution in [0.1, 0.15) is 54.9 Å². The van der Waals surface area contributed by atoms with Crippen LogP contribution in [0.4, 0.5) is 0 Å². The number of hydrogen-bond acceptors (Lipinski definition) is 4. The van der Waals surface area contributed by atoms with Gasteiger partial charge in [-0.3, -0.25) is 0 Å². The van der Waals surface area contributed by atoms with Gasteiger partial charge in [-0.2, -0.15) is 4.98 Å². The lowest BCUT2D eigenvalue weighted by atomic mass is 9.80. The summed E-state index contributed by atoms with van der Waals surface area (Å²) >= 11 is 0. The van der Waals surface area contributed by atoms with Crippen molar-refractivity contribution < 1.29 is 4.52 Å². The Kier molecular flexibility index (Phi) is 4.06. The first-order chi connectivity index (χ1) is 10.1. The predicted molar refractivity (Wildman–Crippen MR) is 82.0 cm³/mol. The molecular weight excluding hydrogens is 262 g/mol. The highest BCUT2D eigenvalue weighted by Gasteiger charge is 2.29. The van der Waals surface area contributed by atoms with Gasteiger partial charge in [0.1, 0.15) is 0 Å². The van der Waals surface area contributed by atoms with E-state index in [1.807, 2.05) is 0 Å². The van der Waals surface area contributed by atoms with Crippen LogP contribution in [0.2, 0.25) is 0 Å². The molecule has 0 bridgehead atoms. The molecule has 4 heteroatoms. The number of nitrogens with two attached hydrogens (primary N) is 1. The topological polar surface area (TPSA) is 64.9 Å². The summed E-state index contributed by atoms with van der Waals surface area (Å²) < 4.78 is 5.39. The van der Waals surface area contributed by atoms with E-state index in [-0.39, 0.29) is 5.54 Å². The quantitative estimate of drug-likeness (QED) is 0.937. The van der Waals surface area contributed by atoms with Crippen LogP contribution in [0, 0.1) is 6.92 Å². The number of aromatic nitrogens is 2. The van der Waals surface area contributed by atoms with Crippen LogP contribution in [0.5, 0.6) is 0 Å². The minimum atomic E-state index is -0.147. The Hall–Kier alpha value is -1.68. The summed E-state index contributed by atoms with van der Waals surface area (Å²) in [6.45, 7) is 2.08. The zero-order valence-electron chi connectivity index (χ0n) is 12.6. The first kappa shape index (κ1) is 14.3. The minimum absolute atomic E-state index is 0.147. The highest BCUT2D eigenvalue weighted by atomic mass is 16.5. The lowest BCUT2D eigenvalue weighted by Gasteiger charge is -2.31. The molecule has 1 saturated carbocycles. The Morgan fingerprint density at radius 3 is 2.57 bits per heavy atom. The third kappa shape index (κ3) is 3.70. The Balaban J connectivity index is 1.64. The number of benzene rings is 1. The van der Waals surface area contributed by atoms with Crippen molar-refractivity contribution in [3.8, 4) is 0 Å². The van der Waals surface area contributed by atoms with Gasteiger partial charge >= 0.3 is 0 Å². The van der Waals surface area contributed by atoms with Gasteiger partial charge in [0, 0.05) is 18.4 Å². The molecule has 1 heterocycles. The van der Waals surface area contributed by atoms with Crippen molar-refractivity contribution in [2.24, 2.45) is 5.73 Å². The summed E-state index contributed by atoms with van der Waals surface area (Å²) in [5.74, 6) is 1.43. The van der Waals surface area contributed by atoms with E-state index < -0.39 is 0 Å². The van der Waals surface area contributed by atoms with Crippen molar-refractivity contribution >= 4 is 0 Å². The van der Waals surface area contributed by atoms with Gasteiger partial charge < -0.3 is 10.3 Å². The highest BCUT2D eigenvalue weighted by molar-refractivity contribution is 5.23. The molecule has 0 radical (unpaired) electrons. The monoisotopic (exact) mass is 285 g/mol. The molecule has 0 aliphatic heterocycles. The van der Waals surface area contributed by atoms with Gasteiger partial charge in [-0.05, 0) is 25.3 Å². The van der Waals surface area contributed by atoms with Gasteiger partial charge in [-0.15, -0.1) is 0 Å². The number of aryl methyl sites for hydroxylation is 1. The second-order valence-electron chi connectivity index (χ2n) is 6.37. The van der Waals surface area contributed by atoms with E-state index in [1.165, 1.54) is 30.4 Å². The molecule has 2 aromatic rings. The smallest absolute Gasteiger partial charge is 0.228 e. The molecule has 21 heavy (non-hydrogen) atoms. The molecule has 1 aliphatic rings. The van der Waals surface area contributed by atoms with E-state index >= 15 is 0 Å². The molecule has 0 amide bonds. The van der Waals surface area contributed by atoms with Crippen LogP contribution >= 0.6 is 0 Å². The Morgan fingerprint density at radius 1 is 1.14 bits per heavy atom. The molecule has 3 rings (SSSR count). The second-order valence-corrected chi connectivity index (χ2v) is 6.37. The van der Waals surface area contributed by atoms with Gasteiger partial charge in [0.15, 0.2) is 5.82 Å². The van der Waals surface area contributed by atoms with Crippen molar-refractivity contribution in [2.45, 2.75) is 57.4 Å². The molecule has 1 aliphatic carbocycles. The summed E-state index contributed by atoms with van der Waals surface area (Å²) in [6.07, 6.45) is 7.24. The third-order valence-electron chi connectivity index (χ3n) is 4.35. The number of hydrogen-bond donors (Lipinski definition) is 1. The molecular formula is C17H23N3O. The summed E-state index contributed by atoms with van der Waals surface area (Å²) in [6, 6.07) is 8.42. The first-order valence-corrected chi connectivity index (χ1v) is 7.79. The van der Waals surface area contributed by atoms with Gasteiger partial charge in [0.25, 0.3) is 0 Å². The van der Waals surface area contributed by atoms with Crippen LogP contribution in [0.15, 0.2) is 28.8 Å². The van der Waals surface area contributed by atoms with Crippen LogP contribution in [-0.4, -0.2) is 15.7 Å². The maximum atomic E-state index is 6.44. The molecule has 0 saturated heterocycles. The molecule has 0 spiro atoms. The summed E-state index contributed by atoms with van der Waals surface area (Å²) in [4.78, 5) is 4.51. The summed E-state index contributed by atoms with van der Waals surface area (Å²) in [7, 11) is 0. The molecule has 112 valence electrons. The first-order valence-electron chi connectivity index (χ1n) is 7.79. The van der Waals surface area contributed by atoms with Crippen molar-refractivity contribution in [3.05, 3.63) is 47.1 Å². The van der Waals surface area contributed by atoms with Crippen LogP contribution in [-0.2, 0) is 12.8 Å². The molecule has 2 N–H and O–H groups in total. The Morgan fingerprint density at radius 2 is 1.86 bits per heavy atom. The second kappa shape index (κ2) is 5.98. The lowest BCUT2D eigenvalue weighted by molar-refractivity contribution is 0.260. The van der Waals surface area contributed by atoms with E-state index in [9.17, 15) is 0 Å². The minimum Gasteiger partial charge on any atom is -0.339 e. The molecule has 0 unspecified atom stereocenters. The molecule has 0 atom stereocenters. The van der Waals surface area contributed by atoms with Crippen molar-refractivity contribution in [3.63, 3.8) is 0 Å². The maximum absolute atomic E-state index is 6.44. The Labute approximate surface area is 125 Å². The summed E-state index contributed by atoms with van der Waals surface area (Å²) in [5, 5.41) is 4.09. The van der Waals surface area contributed by atoms with Gasteiger partial charge in [-0.25, -0.2) is 0 Å². The zero-order valence-corrected chi connectivity index (χ0v) is 12.6. The third-order valence-corrected chi connectivity index (χ3v) is 4.35. The lowest BCUT2D eigenvalue weighted by Crippen LogP contribution is -2.43. The molecule has 1 aromatic carbocycles. The molecule has 1 aromatic heterocycles. The van der Waals surface area contributed by atoms with Crippen molar-refractivity contribution in [1.82, 2.24) is 10.1 Å². The fraction of sp³-hybridized carbons (Fsp3) is 0.529. The fourth-order valence-corrected chi connectivity index (χ4v) is 3.06. The van der Waals surface area contributed by atoms with Gasteiger partial charge in [0.2, 0.25) is 5.89 Å². The summed E-state index contributed by atoms with van der Waals surface area (Å²) in [5.41, 5.74) is 8.76. The highest BCUT2D eigenvalue weighted by Crippen LogP contribution is 2.28. The number of nitrogens with zero attached hydrogens (tertiary/aromatic N) is 2. The average Bonchev–Trinajstić information content (AvgIpc) is 2.88. The Bertz CT molecular complexity index is 582. The van der Waals surface area contributed by atoms with Crippen LogP contribution < -0.4 is 5.73 Å². The average molecular weight is 285 g/mol. The van der Waals surface area contributed by atoms with E-state index in [1.54, 1.807) is 0 Å². The fourth-order valence-electron chi connectivity index (χ4n) is 3.06. The molecule has 4 nitrogen and oxygen atoms in total. The van der Waals surface area contributed by atoms with E-state index in [4.69, 9.17) is 10.3 Å². The maximum Gasteiger partial charge on any atom is 0.228 e. The van der Waals surface area contributed by atoms with Crippen LogP contribution in [0.3, 0.4) is 0 Å². The van der Waals surface area contributed by atoms with Crippen molar-refractivity contribution in [1.29, 1.82) is 0 Å². The largest absolute Gasteiger partial charge is 0.339 e. The van der Waals surface area contributed by atoms with Gasteiger partial charge in [0.05, 0.1) is 0 Å². The van der Waals surface area contributed by atoms with Crippen molar-refractivity contribution in [2.75, 3.05) is 0 Å². The van der Waals surface area contributed by atoms with E-state index in [2.05, 4.69) is 41.3 Å². The molecule has 1 fully saturated rings. The SMILES string of the molecule is Cc1ccc(Cc2noc(CC3(N)CCCCC3)n2)cc1. The predicted octanol–water partition coefficient (Wildman–Crippen LogP) is 3.17. The van der Waals surface area contributed by atoms with Crippen LogP contribution in [0.25, 0.3) is 0 Å². The van der Waals surface area contributed by atoms with E-state index in [0.717, 1.165) is 18.7 Å². The normalized spacial score (nSPS) is 17.8. The van der Waals surface area contributed by atoms with Gasteiger partial charge in [-0.1, -0.05) is 54.2 Å². The zero-order chi connectivity index (χ0) is 14.7.